The number of pyridine rings is 1. The van der Waals surface area contributed by atoms with Crippen LogP contribution in [0.2, 0.25) is 0 Å². The van der Waals surface area contributed by atoms with Gasteiger partial charge in [0.15, 0.2) is 0 Å². The van der Waals surface area contributed by atoms with Gasteiger partial charge in [0, 0.05) is 42.5 Å². The number of halogens is 6. The first-order valence-corrected chi connectivity index (χ1v) is 10.6. The Labute approximate surface area is 197 Å². The number of carbonyl (C=O) groups excluding carboxylic acids is 1. The number of hydrogen-bond donors (Lipinski definition) is 0. The lowest BCUT2D eigenvalue weighted by Crippen LogP contribution is -2.28. The van der Waals surface area contributed by atoms with Crippen LogP contribution >= 0.6 is 0 Å². The number of rotatable bonds is 4. The number of carbonyl (C=O) groups is 1. The third-order valence-electron chi connectivity index (χ3n) is 5.98. The van der Waals surface area contributed by atoms with Crippen LogP contribution in [0, 0.1) is 0 Å². The normalized spacial score (nSPS) is 16.4. The second kappa shape index (κ2) is 9.24. The number of ether oxygens (including phenoxy) is 1. The zero-order valence-corrected chi connectivity index (χ0v) is 18.5. The maximum atomic E-state index is 13.3. The summed E-state index contributed by atoms with van der Waals surface area (Å²) in [5.41, 5.74) is -1.93. The van der Waals surface area contributed by atoms with Crippen LogP contribution in [0.5, 0.6) is 5.75 Å². The van der Waals surface area contributed by atoms with Crippen LogP contribution in [-0.4, -0.2) is 36.0 Å². The Hall–Kier alpha value is -3.56. The van der Waals surface area contributed by atoms with Crippen molar-refractivity contribution in [3.8, 4) is 16.9 Å². The lowest BCUT2D eigenvalue weighted by Gasteiger charge is -2.19. The number of hydrogen-bond acceptors (Lipinski definition) is 3. The van der Waals surface area contributed by atoms with Gasteiger partial charge in [-0.05, 0) is 60.0 Å². The first-order chi connectivity index (χ1) is 16.5. The number of benzene rings is 2. The van der Waals surface area contributed by atoms with E-state index in [-0.39, 0.29) is 40.3 Å². The first-order valence-electron chi connectivity index (χ1n) is 10.6. The maximum absolute atomic E-state index is 13.3. The molecule has 10 heteroatoms. The Balaban J connectivity index is 1.65. The van der Waals surface area contributed by atoms with Crippen molar-refractivity contribution in [1.29, 1.82) is 0 Å². The van der Waals surface area contributed by atoms with Gasteiger partial charge >= 0.3 is 12.4 Å². The van der Waals surface area contributed by atoms with Gasteiger partial charge in [0.25, 0.3) is 5.91 Å². The molecule has 1 aliphatic rings. The second-order valence-electron chi connectivity index (χ2n) is 8.23. The average molecular weight is 494 g/mol. The molecule has 1 saturated heterocycles. The van der Waals surface area contributed by atoms with E-state index in [0.717, 1.165) is 12.0 Å². The molecule has 1 unspecified atom stereocenters. The summed E-state index contributed by atoms with van der Waals surface area (Å²) in [7, 11) is 1.24. The van der Waals surface area contributed by atoms with Crippen LogP contribution in [0.15, 0.2) is 60.9 Å². The standard InChI is InChI=1S/C25H20F6N2O2/c1-35-22-11-15(23(34)33-8-6-17(14-33)16-3-2-7-32-13-16)4-5-21(22)18-9-19(24(26,27)28)12-20(10-18)25(29,30)31/h2-5,7,9-13,17H,6,8,14H2,1H3. The van der Waals surface area contributed by atoms with E-state index in [0.29, 0.717) is 25.2 Å². The van der Waals surface area contributed by atoms with E-state index in [1.807, 2.05) is 12.1 Å². The number of aromatic nitrogens is 1. The minimum Gasteiger partial charge on any atom is -0.496 e. The molecule has 0 radical (unpaired) electrons. The predicted molar refractivity (Wildman–Crippen MR) is 116 cm³/mol. The molecule has 0 aliphatic carbocycles. The fourth-order valence-corrected chi connectivity index (χ4v) is 4.19. The van der Waals surface area contributed by atoms with Gasteiger partial charge in [-0.3, -0.25) is 9.78 Å². The number of likely N-dealkylation sites (tertiary alicyclic amines) is 1. The molecule has 2 aromatic carbocycles. The Morgan fingerprint density at radius 3 is 2.26 bits per heavy atom. The summed E-state index contributed by atoms with van der Waals surface area (Å²) in [6, 6.07) is 9.11. The third-order valence-corrected chi connectivity index (χ3v) is 5.98. The van der Waals surface area contributed by atoms with Gasteiger partial charge < -0.3 is 9.64 Å². The molecular weight excluding hydrogens is 474 g/mol. The van der Waals surface area contributed by atoms with Gasteiger partial charge in [-0.2, -0.15) is 26.3 Å². The molecule has 1 aliphatic heterocycles. The Kier molecular flexibility index (Phi) is 6.48. The average Bonchev–Trinajstić information content (AvgIpc) is 3.33. The van der Waals surface area contributed by atoms with E-state index in [4.69, 9.17) is 4.74 Å². The lowest BCUT2D eigenvalue weighted by atomic mass is 9.97. The summed E-state index contributed by atoms with van der Waals surface area (Å²) in [5, 5.41) is 0. The Morgan fingerprint density at radius 1 is 1.00 bits per heavy atom. The number of alkyl halides is 6. The van der Waals surface area contributed by atoms with Gasteiger partial charge in [0.1, 0.15) is 5.75 Å². The van der Waals surface area contributed by atoms with Crippen molar-refractivity contribution in [2.45, 2.75) is 24.7 Å². The van der Waals surface area contributed by atoms with Crippen LogP contribution in [-0.2, 0) is 12.4 Å². The third kappa shape index (κ3) is 5.26. The molecule has 1 amide bonds. The highest BCUT2D eigenvalue weighted by Gasteiger charge is 2.37. The van der Waals surface area contributed by atoms with Crippen molar-refractivity contribution >= 4 is 5.91 Å². The van der Waals surface area contributed by atoms with Gasteiger partial charge in [-0.25, -0.2) is 0 Å². The van der Waals surface area contributed by atoms with E-state index < -0.39 is 23.5 Å². The van der Waals surface area contributed by atoms with E-state index >= 15 is 0 Å². The van der Waals surface area contributed by atoms with Crippen LogP contribution in [0.25, 0.3) is 11.1 Å². The molecule has 3 aromatic rings. The number of methoxy groups -OCH3 is 1. The van der Waals surface area contributed by atoms with Crippen molar-refractivity contribution in [1.82, 2.24) is 9.88 Å². The molecule has 0 N–H and O–H groups in total. The highest BCUT2D eigenvalue weighted by molar-refractivity contribution is 5.96. The minimum atomic E-state index is -4.97. The van der Waals surface area contributed by atoms with Crippen LogP contribution < -0.4 is 4.74 Å². The number of amides is 1. The summed E-state index contributed by atoms with van der Waals surface area (Å²) >= 11 is 0. The van der Waals surface area contributed by atoms with Crippen LogP contribution in [0.1, 0.15) is 39.4 Å². The molecule has 184 valence electrons. The molecule has 0 saturated carbocycles. The lowest BCUT2D eigenvalue weighted by molar-refractivity contribution is -0.143. The molecule has 0 bridgehead atoms. The van der Waals surface area contributed by atoms with Gasteiger partial charge in [-0.15, -0.1) is 0 Å². The van der Waals surface area contributed by atoms with E-state index in [1.54, 1.807) is 17.3 Å². The fraction of sp³-hybridized carbons (Fsp3) is 0.280. The van der Waals surface area contributed by atoms with Gasteiger partial charge in [0.2, 0.25) is 0 Å². The predicted octanol–water partition coefficient (Wildman–Crippen LogP) is 6.42. The fourth-order valence-electron chi connectivity index (χ4n) is 4.19. The second-order valence-corrected chi connectivity index (χ2v) is 8.23. The summed E-state index contributed by atoms with van der Waals surface area (Å²) in [5.74, 6) is -0.188. The minimum absolute atomic E-state index is 0.00805. The van der Waals surface area contributed by atoms with Crippen molar-refractivity contribution in [3.05, 3.63) is 83.2 Å². The largest absolute Gasteiger partial charge is 0.496 e. The molecule has 2 heterocycles. The van der Waals surface area contributed by atoms with Crippen LogP contribution in [0.4, 0.5) is 26.3 Å². The SMILES string of the molecule is COc1cc(C(=O)N2CCC(c3cccnc3)C2)ccc1-c1cc(C(F)(F)F)cc(C(F)(F)F)c1. The quantitative estimate of drug-likeness (QED) is 0.393. The van der Waals surface area contributed by atoms with E-state index in [1.165, 1.54) is 25.3 Å². The Bertz CT molecular complexity index is 1190. The summed E-state index contributed by atoms with van der Waals surface area (Å²) < 4.78 is 84.9. The highest BCUT2D eigenvalue weighted by atomic mass is 19.4. The molecule has 1 atom stereocenters. The van der Waals surface area contributed by atoms with Crippen LogP contribution in [0.3, 0.4) is 0 Å². The summed E-state index contributed by atoms with van der Waals surface area (Å²) in [4.78, 5) is 18.8. The van der Waals surface area contributed by atoms with E-state index in [2.05, 4.69) is 4.98 Å². The molecule has 4 rings (SSSR count). The van der Waals surface area contributed by atoms with E-state index in [9.17, 15) is 31.1 Å². The summed E-state index contributed by atoms with van der Waals surface area (Å²) in [6.07, 6.45) is -5.78. The Morgan fingerprint density at radius 2 is 1.69 bits per heavy atom. The zero-order chi connectivity index (χ0) is 25.4. The van der Waals surface area contributed by atoms with Gasteiger partial charge in [0.05, 0.1) is 18.2 Å². The van der Waals surface area contributed by atoms with Crippen molar-refractivity contribution < 1.29 is 35.9 Å². The maximum Gasteiger partial charge on any atom is 0.416 e. The zero-order valence-electron chi connectivity index (χ0n) is 18.5. The van der Waals surface area contributed by atoms with Gasteiger partial charge in [-0.1, -0.05) is 6.07 Å². The molecule has 4 nitrogen and oxygen atoms in total. The number of nitrogens with zero attached hydrogens (tertiary/aromatic N) is 2. The molecular formula is C25H20F6N2O2. The topological polar surface area (TPSA) is 42.4 Å². The monoisotopic (exact) mass is 494 g/mol. The molecule has 0 spiro atoms. The summed E-state index contributed by atoms with van der Waals surface area (Å²) in [6.45, 7) is 0.974. The molecule has 1 fully saturated rings. The highest BCUT2D eigenvalue weighted by Crippen LogP contribution is 2.41. The van der Waals surface area contributed by atoms with Crippen molar-refractivity contribution in [3.63, 3.8) is 0 Å². The first kappa shape index (κ1) is 24.6. The molecule has 1 aromatic heterocycles. The van der Waals surface area contributed by atoms with Crippen molar-refractivity contribution in [2.24, 2.45) is 0 Å². The van der Waals surface area contributed by atoms with Crippen molar-refractivity contribution in [2.75, 3.05) is 20.2 Å². The molecule has 35 heavy (non-hydrogen) atoms. The smallest absolute Gasteiger partial charge is 0.416 e.